The lowest BCUT2D eigenvalue weighted by Crippen LogP contribution is -2.56. The molecule has 3 aromatic rings. The number of carbonyl (C=O) groups is 1. The molecule has 1 heterocycles. The molecule has 1 N–H and O–H groups in total. The van der Waals surface area contributed by atoms with Crippen LogP contribution in [0.25, 0.3) is 0 Å². The van der Waals surface area contributed by atoms with E-state index in [0.717, 1.165) is 37.9 Å². The molecule has 4 nitrogen and oxygen atoms in total. The Morgan fingerprint density at radius 2 is 1.31 bits per heavy atom. The van der Waals surface area contributed by atoms with Crippen molar-refractivity contribution in [3.8, 4) is 0 Å². The number of hydrogen-bond donors (Lipinski definition) is 1. The zero-order valence-corrected chi connectivity index (χ0v) is 18.2. The average Bonchev–Trinajstić information content (AvgIpc) is 2.82. The number of amides is 1. The van der Waals surface area contributed by atoms with Gasteiger partial charge in [-0.15, -0.1) is 0 Å². The number of benzene rings is 3. The van der Waals surface area contributed by atoms with Crippen LogP contribution in [0.5, 0.6) is 0 Å². The first-order valence-electron chi connectivity index (χ1n) is 11.1. The van der Waals surface area contributed by atoms with Crippen molar-refractivity contribution in [3.05, 3.63) is 107 Å². The largest absolute Gasteiger partial charge is 0.465 e. The lowest BCUT2D eigenvalue weighted by molar-refractivity contribution is 0.0111. The standard InChI is InChI=1S/C27H29FN2O2/c28-25-13-11-22(12-14-25)19-27(15-17-29(18-16-27)26(31)32)30(20-23-7-3-1-4-8-23)21-24-9-5-2-6-10-24/h1-14H,15-21H2,(H,31,32). The first-order valence-corrected chi connectivity index (χ1v) is 11.1. The summed E-state index contributed by atoms with van der Waals surface area (Å²) < 4.78 is 13.6. The second-order valence-electron chi connectivity index (χ2n) is 8.62. The van der Waals surface area contributed by atoms with Crippen molar-refractivity contribution in [1.82, 2.24) is 9.80 Å². The number of rotatable bonds is 7. The number of hydrogen-bond acceptors (Lipinski definition) is 2. The van der Waals surface area contributed by atoms with Gasteiger partial charge in [-0.3, -0.25) is 4.90 Å². The third-order valence-electron chi connectivity index (χ3n) is 6.51. The number of piperidine rings is 1. The Labute approximate surface area is 188 Å². The molecule has 1 amide bonds. The number of halogens is 1. The topological polar surface area (TPSA) is 43.8 Å². The highest BCUT2D eigenvalue weighted by Gasteiger charge is 2.41. The predicted molar refractivity (Wildman–Crippen MR) is 124 cm³/mol. The summed E-state index contributed by atoms with van der Waals surface area (Å²) in [4.78, 5) is 15.6. The van der Waals surface area contributed by atoms with Crippen molar-refractivity contribution >= 4 is 6.09 Å². The maximum atomic E-state index is 13.6. The molecule has 0 spiro atoms. The maximum absolute atomic E-state index is 13.6. The first kappa shape index (κ1) is 22.0. The second kappa shape index (κ2) is 9.96. The minimum atomic E-state index is -0.863. The Morgan fingerprint density at radius 3 is 1.78 bits per heavy atom. The molecular formula is C27H29FN2O2. The highest BCUT2D eigenvalue weighted by Crippen LogP contribution is 2.35. The first-order chi connectivity index (χ1) is 15.5. The van der Waals surface area contributed by atoms with Crippen LogP contribution in [0.1, 0.15) is 29.5 Å². The van der Waals surface area contributed by atoms with Gasteiger partial charge in [0, 0.05) is 31.7 Å². The van der Waals surface area contributed by atoms with Crippen molar-refractivity contribution in [2.45, 2.75) is 37.9 Å². The van der Waals surface area contributed by atoms with E-state index in [2.05, 4.69) is 53.4 Å². The number of likely N-dealkylation sites (tertiary alicyclic amines) is 1. The lowest BCUT2D eigenvalue weighted by atomic mass is 9.79. The molecular weight excluding hydrogens is 403 g/mol. The van der Waals surface area contributed by atoms with Crippen molar-refractivity contribution in [1.29, 1.82) is 0 Å². The van der Waals surface area contributed by atoms with Crippen LogP contribution in [-0.4, -0.2) is 39.6 Å². The number of nitrogens with zero attached hydrogens (tertiary/aromatic N) is 2. The van der Waals surface area contributed by atoms with E-state index >= 15 is 0 Å². The van der Waals surface area contributed by atoms with Crippen LogP contribution in [0.3, 0.4) is 0 Å². The van der Waals surface area contributed by atoms with Gasteiger partial charge in [-0.05, 0) is 48.1 Å². The van der Waals surface area contributed by atoms with Gasteiger partial charge < -0.3 is 10.0 Å². The summed E-state index contributed by atoms with van der Waals surface area (Å²) in [6, 6.07) is 27.5. The van der Waals surface area contributed by atoms with E-state index in [4.69, 9.17) is 0 Å². The van der Waals surface area contributed by atoms with E-state index in [0.29, 0.717) is 13.1 Å². The van der Waals surface area contributed by atoms with E-state index in [1.165, 1.54) is 28.2 Å². The monoisotopic (exact) mass is 432 g/mol. The zero-order valence-electron chi connectivity index (χ0n) is 18.2. The van der Waals surface area contributed by atoms with Crippen LogP contribution < -0.4 is 0 Å². The molecule has 1 aliphatic rings. The highest BCUT2D eigenvalue weighted by molar-refractivity contribution is 5.65. The molecule has 5 heteroatoms. The van der Waals surface area contributed by atoms with E-state index in [9.17, 15) is 14.3 Å². The second-order valence-corrected chi connectivity index (χ2v) is 8.62. The van der Waals surface area contributed by atoms with E-state index in [1.54, 1.807) is 0 Å². The summed E-state index contributed by atoms with van der Waals surface area (Å²) in [5, 5.41) is 9.51. The van der Waals surface area contributed by atoms with Crippen LogP contribution in [0.4, 0.5) is 9.18 Å². The van der Waals surface area contributed by atoms with Gasteiger partial charge in [0.05, 0.1) is 0 Å². The normalized spacial score (nSPS) is 15.6. The summed E-state index contributed by atoms with van der Waals surface area (Å²) >= 11 is 0. The Morgan fingerprint density at radius 1 is 0.812 bits per heavy atom. The molecule has 0 saturated carbocycles. The van der Waals surface area contributed by atoms with E-state index in [1.807, 2.05) is 24.3 Å². The predicted octanol–water partition coefficient (Wildman–Crippen LogP) is 5.58. The molecule has 0 aliphatic carbocycles. The molecule has 4 rings (SSSR count). The van der Waals surface area contributed by atoms with Crippen LogP contribution in [0.2, 0.25) is 0 Å². The zero-order chi connectivity index (χ0) is 22.4. The van der Waals surface area contributed by atoms with Gasteiger partial charge >= 0.3 is 6.09 Å². The summed E-state index contributed by atoms with van der Waals surface area (Å²) in [5.41, 5.74) is 3.29. The minimum absolute atomic E-state index is 0.227. The minimum Gasteiger partial charge on any atom is -0.465 e. The van der Waals surface area contributed by atoms with Gasteiger partial charge in [0.1, 0.15) is 5.82 Å². The quantitative estimate of drug-likeness (QED) is 0.530. The van der Waals surface area contributed by atoms with Crippen molar-refractivity contribution in [2.75, 3.05) is 13.1 Å². The fourth-order valence-corrected chi connectivity index (χ4v) is 4.70. The van der Waals surface area contributed by atoms with Crippen molar-refractivity contribution in [3.63, 3.8) is 0 Å². The molecule has 0 unspecified atom stereocenters. The number of carboxylic acid groups (broad SMARTS) is 1. The molecule has 166 valence electrons. The van der Waals surface area contributed by atoms with Crippen molar-refractivity contribution < 1.29 is 14.3 Å². The van der Waals surface area contributed by atoms with Crippen LogP contribution in [0, 0.1) is 5.82 Å². The smallest absolute Gasteiger partial charge is 0.407 e. The third kappa shape index (κ3) is 5.35. The third-order valence-corrected chi connectivity index (χ3v) is 6.51. The Hall–Kier alpha value is -3.18. The van der Waals surface area contributed by atoms with Gasteiger partial charge in [-0.1, -0.05) is 72.8 Å². The average molecular weight is 433 g/mol. The maximum Gasteiger partial charge on any atom is 0.407 e. The van der Waals surface area contributed by atoms with Crippen LogP contribution in [-0.2, 0) is 19.5 Å². The molecule has 3 aromatic carbocycles. The fourth-order valence-electron chi connectivity index (χ4n) is 4.70. The molecule has 32 heavy (non-hydrogen) atoms. The van der Waals surface area contributed by atoms with Gasteiger partial charge in [-0.25, -0.2) is 9.18 Å². The molecule has 0 atom stereocenters. The lowest BCUT2D eigenvalue weighted by Gasteiger charge is -2.49. The van der Waals surface area contributed by atoms with Crippen LogP contribution >= 0.6 is 0 Å². The highest BCUT2D eigenvalue weighted by atomic mass is 19.1. The molecule has 1 fully saturated rings. The SMILES string of the molecule is O=C(O)N1CCC(Cc2ccc(F)cc2)(N(Cc2ccccc2)Cc2ccccc2)CC1. The molecule has 1 aliphatic heterocycles. The van der Waals surface area contributed by atoms with Gasteiger partial charge in [0.2, 0.25) is 0 Å². The van der Waals surface area contributed by atoms with Gasteiger partial charge in [0.25, 0.3) is 0 Å². The summed E-state index contributed by atoms with van der Waals surface area (Å²) in [6.07, 6.45) is 1.35. The van der Waals surface area contributed by atoms with E-state index in [-0.39, 0.29) is 11.4 Å². The van der Waals surface area contributed by atoms with Gasteiger partial charge in [0.15, 0.2) is 0 Å². The molecule has 0 radical (unpaired) electrons. The molecule has 0 aromatic heterocycles. The van der Waals surface area contributed by atoms with Crippen LogP contribution in [0.15, 0.2) is 84.9 Å². The Kier molecular flexibility index (Phi) is 6.86. The summed E-state index contributed by atoms with van der Waals surface area (Å²) in [7, 11) is 0. The van der Waals surface area contributed by atoms with E-state index < -0.39 is 6.09 Å². The van der Waals surface area contributed by atoms with Gasteiger partial charge in [-0.2, -0.15) is 0 Å². The van der Waals surface area contributed by atoms with Crippen molar-refractivity contribution in [2.24, 2.45) is 0 Å². The Bertz CT molecular complexity index is 959. The Balaban J connectivity index is 1.69. The summed E-state index contributed by atoms with van der Waals surface area (Å²) in [5.74, 6) is -0.242. The molecule has 1 saturated heterocycles. The molecule has 0 bridgehead atoms. The fraction of sp³-hybridized carbons (Fsp3) is 0.296. The summed E-state index contributed by atoms with van der Waals surface area (Å²) in [6.45, 7) is 2.53.